The average molecular weight is 264 g/mol. The third-order valence-electron chi connectivity index (χ3n) is 5.64. The van der Waals surface area contributed by atoms with E-state index in [4.69, 9.17) is 0 Å². The molecule has 110 valence electrons. The van der Waals surface area contributed by atoms with Crippen molar-refractivity contribution in [3.8, 4) is 0 Å². The topological polar surface area (TPSA) is 15.3 Å². The van der Waals surface area contributed by atoms with Gasteiger partial charge >= 0.3 is 0 Å². The molecular formula is C17H32N2. The number of rotatable bonds is 7. The summed E-state index contributed by atoms with van der Waals surface area (Å²) in [5.74, 6) is 3.95. The molecule has 0 radical (unpaired) electrons. The van der Waals surface area contributed by atoms with Crippen LogP contribution in [0, 0.1) is 23.7 Å². The van der Waals surface area contributed by atoms with Crippen molar-refractivity contribution in [2.45, 2.75) is 58.4 Å². The van der Waals surface area contributed by atoms with Gasteiger partial charge in [0, 0.05) is 19.1 Å². The van der Waals surface area contributed by atoms with E-state index in [0.29, 0.717) is 0 Å². The first-order valence-electron chi connectivity index (χ1n) is 8.70. The van der Waals surface area contributed by atoms with Crippen LogP contribution in [-0.2, 0) is 0 Å². The lowest BCUT2D eigenvalue weighted by molar-refractivity contribution is 0.156. The molecule has 1 aliphatic heterocycles. The van der Waals surface area contributed by atoms with Crippen LogP contribution in [0.4, 0.5) is 0 Å². The normalized spacial score (nSPS) is 26.5. The zero-order valence-electron chi connectivity index (χ0n) is 12.9. The molecule has 1 heterocycles. The number of hydrogen-bond donors (Lipinski definition) is 1. The monoisotopic (exact) mass is 264 g/mol. The summed E-state index contributed by atoms with van der Waals surface area (Å²) in [6.07, 6.45) is 8.82. The predicted octanol–water partition coefficient (Wildman–Crippen LogP) is 3.13. The number of nitrogens with zero attached hydrogens (tertiary/aromatic N) is 1. The highest BCUT2D eigenvalue weighted by molar-refractivity contribution is 4.96. The molecule has 2 nitrogen and oxygen atoms in total. The van der Waals surface area contributed by atoms with Crippen LogP contribution in [0.25, 0.3) is 0 Å². The lowest BCUT2D eigenvalue weighted by Gasteiger charge is -2.34. The Kier molecular flexibility index (Phi) is 4.48. The van der Waals surface area contributed by atoms with E-state index < -0.39 is 0 Å². The van der Waals surface area contributed by atoms with E-state index in [0.717, 1.165) is 29.7 Å². The summed E-state index contributed by atoms with van der Waals surface area (Å²) < 4.78 is 0. The fourth-order valence-corrected chi connectivity index (χ4v) is 3.86. The molecule has 2 aliphatic carbocycles. The fraction of sp³-hybridized carbons (Fsp3) is 1.00. The van der Waals surface area contributed by atoms with Crippen LogP contribution in [0.15, 0.2) is 0 Å². The molecule has 3 aliphatic rings. The zero-order chi connectivity index (χ0) is 13.2. The van der Waals surface area contributed by atoms with Gasteiger partial charge in [-0.1, -0.05) is 13.8 Å². The number of hydrogen-bond acceptors (Lipinski definition) is 2. The van der Waals surface area contributed by atoms with E-state index in [2.05, 4.69) is 24.1 Å². The van der Waals surface area contributed by atoms with Crippen LogP contribution in [0.3, 0.4) is 0 Å². The van der Waals surface area contributed by atoms with Gasteiger partial charge in [-0.3, -0.25) is 0 Å². The fourth-order valence-electron chi connectivity index (χ4n) is 3.86. The Hall–Kier alpha value is -0.0800. The number of piperidine rings is 1. The predicted molar refractivity (Wildman–Crippen MR) is 81.2 cm³/mol. The molecule has 0 atom stereocenters. The molecule has 0 aromatic carbocycles. The van der Waals surface area contributed by atoms with Crippen molar-refractivity contribution in [1.29, 1.82) is 0 Å². The first kappa shape index (κ1) is 13.9. The number of nitrogens with one attached hydrogen (secondary N) is 1. The van der Waals surface area contributed by atoms with Gasteiger partial charge in [-0.25, -0.2) is 0 Å². The molecule has 0 aromatic heterocycles. The Balaban J connectivity index is 1.32. The average Bonchev–Trinajstić information content (AvgIpc) is 3.28. The van der Waals surface area contributed by atoms with Gasteiger partial charge < -0.3 is 10.2 Å². The maximum Gasteiger partial charge on any atom is 0.0124 e. The van der Waals surface area contributed by atoms with E-state index in [9.17, 15) is 0 Å². The van der Waals surface area contributed by atoms with E-state index in [1.54, 1.807) is 0 Å². The minimum atomic E-state index is 0.883. The highest BCUT2D eigenvalue weighted by Crippen LogP contribution is 2.44. The largest absolute Gasteiger partial charge is 0.312 e. The Labute approximate surface area is 119 Å². The maximum absolute atomic E-state index is 3.88. The Morgan fingerprint density at radius 3 is 1.95 bits per heavy atom. The van der Waals surface area contributed by atoms with Crippen LogP contribution in [0.2, 0.25) is 0 Å². The van der Waals surface area contributed by atoms with Gasteiger partial charge in [0.2, 0.25) is 0 Å². The van der Waals surface area contributed by atoms with E-state index in [1.807, 2.05) is 0 Å². The van der Waals surface area contributed by atoms with E-state index >= 15 is 0 Å². The van der Waals surface area contributed by atoms with Crippen LogP contribution in [0.5, 0.6) is 0 Å². The molecule has 2 heteroatoms. The van der Waals surface area contributed by atoms with Crippen LogP contribution in [0.1, 0.15) is 52.4 Å². The summed E-state index contributed by atoms with van der Waals surface area (Å²) in [5.41, 5.74) is 0. The summed E-state index contributed by atoms with van der Waals surface area (Å²) in [6, 6.07) is 0.883. The van der Waals surface area contributed by atoms with E-state index in [1.165, 1.54) is 64.7 Å². The Bertz CT molecular complexity index is 261. The third kappa shape index (κ3) is 3.95. The lowest BCUT2D eigenvalue weighted by atomic mass is 9.87. The van der Waals surface area contributed by atoms with Gasteiger partial charge in [0.15, 0.2) is 0 Å². The summed E-state index contributed by atoms with van der Waals surface area (Å²) in [5, 5.41) is 3.88. The molecule has 3 rings (SSSR count). The lowest BCUT2D eigenvalue weighted by Crippen LogP contribution is -2.42. The maximum atomic E-state index is 3.88. The van der Waals surface area contributed by atoms with Gasteiger partial charge in [-0.15, -0.1) is 0 Å². The minimum Gasteiger partial charge on any atom is -0.312 e. The molecule has 0 spiro atoms. The molecule has 0 aromatic rings. The quantitative estimate of drug-likeness (QED) is 0.760. The van der Waals surface area contributed by atoms with Crippen molar-refractivity contribution in [3.05, 3.63) is 0 Å². The van der Waals surface area contributed by atoms with Gasteiger partial charge in [0.1, 0.15) is 0 Å². The molecule has 0 amide bonds. The summed E-state index contributed by atoms with van der Waals surface area (Å²) in [6.45, 7) is 9.95. The van der Waals surface area contributed by atoms with Gasteiger partial charge in [-0.05, 0) is 75.3 Å². The Morgan fingerprint density at radius 1 is 0.895 bits per heavy atom. The van der Waals surface area contributed by atoms with Crippen molar-refractivity contribution in [3.63, 3.8) is 0 Å². The highest BCUT2D eigenvalue weighted by atomic mass is 15.1. The molecular weight excluding hydrogens is 232 g/mol. The summed E-state index contributed by atoms with van der Waals surface area (Å²) >= 11 is 0. The van der Waals surface area contributed by atoms with Crippen molar-refractivity contribution >= 4 is 0 Å². The first-order chi connectivity index (χ1) is 9.24. The smallest absolute Gasteiger partial charge is 0.0124 e. The molecule has 1 saturated heterocycles. The first-order valence-corrected chi connectivity index (χ1v) is 8.70. The highest BCUT2D eigenvalue weighted by Gasteiger charge is 2.40. The SMILES string of the molecule is CC(C)C1CCN(CCNC(C2CC2)C2CC2)CC1. The van der Waals surface area contributed by atoms with Crippen molar-refractivity contribution in [2.24, 2.45) is 23.7 Å². The second-order valence-electron chi connectivity index (χ2n) is 7.58. The third-order valence-corrected chi connectivity index (χ3v) is 5.64. The van der Waals surface area contributed by atoms with Crippen LogP contribution >= 0.6 is 0 Å². The molecule has 19 heavy (non-hydrogen) atoms. The Morgan fingerprint density at radius 2 is 1.47 bits per heavy atom. The van der Waals surface area contributed by atoms with E-state index in [-0.39, 0.29) is 0 Å². The van der Waals surface area contributed by atoms with Crippen LogP contribution in [-0.4, -0.2) is 37.1 Å². The van der Waals surface area contributed by atoms with Gasteiger partial charge in [0.25, 0.3) is 0 Å². The second-order valence-corrected chi connectivity index (χ2v) is 7.58. The van der Waals surface area contributed by atoms with Crippen molar-refractivity contribution < 1.29 is 0 Å². The molecule has 1 N–H and O–H groups in total. The molecule has 0 bridgehead atoms. The number of likely N-dealkylation sites (tertiary alicyclic amines) is 1. The summed E-state index contributed by atoms with van der Waals surface area (Å²) in [4.78, 5) is 2.68. The minimum absolute atomic E-state index is 0.883. The molecule has 3 fully saturated rings. The zero-order valence-corrected chi connectivity index (χ0v) is 12.9. The molecule has 2 saturated carbocycles. The van der Waals surface area contributed by atoms with Gasteiger partial charge in [-0.2, -0.15) is 0 Å². The molecule has 0 unspecified atom stereocenters. The second kappa shape index (κ2) is 6.13. The van der Waals surface area contributed by atoms with Gasteiger partial charge in [0.05, 0.1) is 0 Å². The summed E-state index contributed by atoms with van der Waals surface area (Å²) in [7, 11) is 0. The van der Waals surface area contributed by atoms with Crippen molar-refractivity contribution in [1.82, 2.24) is 10.2 Å². The van der Waals surface area contributed by atoms with Crippen LogP contribution < -0.4 is 5.32 Å². The standard InChI is InChI=1S/C17H32N2/c1-13(2)14-7-10-19(11-8-14)12-9-18-17(15-3-4-15)16-5-6-16/h13-18H,3-12H2,1-2H3. The van der Waals surface area contributed by atoms with Crippen molar-refractivity contribution in [2.75, 3.05) is 26.2 Å².